The summed E-state index contributed by atoms with van der Waals surface area (Å²) in [6.45, 7) is 4.11. The van der Waals surface area contributed by atoms with E-state index in [4.69, 9.17) is 4.74 Å². The van der Waals surface area contributed by atoms with Crippen molar-refractivity contribution in [2.45, 2.75) is 44.8 Å². The number of hydrogen-bond donors (Lipinski definition) is 0. The van der Waals surface area contributed by atoms with Gasteiger partial charge in [-0.05, 0) is 25.0 Å². The maximum atomic E-state index is 13.2. The number of para-hydroxylation sites is 2. The van der Waals surface area contributed by atoms with E-state index in [1.165, 1.54) is 6.42 Å². The van der Waals surface area contributed by atoms with Crippen molar-refractivity contribution in [2.24, 2.45) is 5.92 Å². The highest BCUT2D eigenvalue weighted by Crippen LogP contribution is 2.34. The standard InChI is InChI=1S/C21H29N3O3/c1-15-13-23(17-8-4-3-7-16(17)22(2)21(15)26)14-20(25)24-11-12-27-19-10-6-5-9-18(19)24/h3-4,7-8,15,18-19H,5-6,9-14H2,1-2H3/t15-,18-,19-/m1/s1. The highest BCUT2D eigenvalue weighted by atomic mass is 16.5. The van der Waals surface area contributed by atoms with Crippen molar-refractivity contribution < 1.29 is 14.3 Å². The summed E-state index contributed by atoms with van der Waals surface area (Å²) in [6, 6.07) is 8.08. The van der Waals surface area contributed by atoms with Crippen LogP contribution in [0.2, 0.25) is 0 Å². The minimum absolute atomic E-state index is 0.0936. The summed E-state index contributed by atoms with van der Waals surface area (Å²) in [5.74, 6) is 0.0904. The third-order valence-corrected chi connectivity index (χ3v) is 6.21. The molecule has 0 aromatic heterocycles. The lowest BCUT2D eigenvalue weighted by Gasteiger charge is -2.44. The number of fused-ring (bicyclic) bond motifs is 2. The molecule has 2 heterocycles. The van der Waals surface area contributed by atoms with Crippen molar-refractivity contribution in [1.29, 1.82) is 0 Å². The highest BCUT2D eigenvalue weighted by molar-refractivity contribution is 6.00. The maximum absolute atomic E-state index is 13.2. The van der Waals surface area contributed by atoms with Gasteiger partial charge in [0.15, 0.2) is 0 Å². The van der Waals surface area contributed by atoms with Gasteiger partial charge in [-0.15, -0.1) is 0 Å². The Balaban J connectivity index is 1.56. The molecule has 4 rings (SSSR count). The minimum atomic E-state index is -0.151. The van der Waals surface area contributed by atoms with Crippen molar-refractivity contribution in [1.82, 2.24) is 4.90 Å². The number of nitrogens with zero attached hydrogens (tertiary/aromatic N) is 3. The van der Waals surface area contributed by atoms with Crippen LogP contribution in [0.4, 0.5) is 11.4 Å². The Morgan fingerprint density at radius 3 is 2.74 bits per heavy atom. The van der Waals surface area contributed by atoms with Gasteiger partial charge in [0.25, 0.3) is 0 Å². The van der Waals surface area contributed by atoms with Crippen LogP contribution in [0.1, 0.15) is 32.6 Å². The lowest BCUT2D eigenvalue weighted by molar-refractivity contribution is -0.148. The number of amides is 2. The SMILES string of the molecule is C[C@@H]1CN(CC(=O)N2CCO[C@@H]3CCCC[C@H]32)c2ccccc2N(C)C1=O. The van der Waals surface area contributed by atoms with Crippen LogP contribution in [0, 0.1) is 5.92 Å². The zero-order valence-electron chi connectivity index (χ0n) is 16.3. The fourth-order valence-corrected chi connectivity index (χ4v) is 4.78. The number of ether oxygens (including phenoxy) is 1. The van der Waals surface area contributed by atoms with Crippen molar-refractivity contribution in [3.63, 3.8) is 0 Å². The molecule has 6 nitrogen and oxygen atoms in total. The number of carbonyl (C=O) groups is 2. The number of rotatable bonds is 2. The van der Waals surface area contributed by atoms with E-state index in [1.54, 1.807) is 4.90 Å². The Kier molecular flexibility index (Phi) is 5.08. The summed E-state index contributed by atoms with van der Waals surface area (Å²) in [6.07, 6.45) is 4.63. The van der Waals surface area contributed by atoms with Crippen LogP contribution in [0.3, 0.4) is 0 Å². The van der Waals surface area contributed by atoms with E-state index in [1.807, 2.05) is 43.1 Å². The van der Waals surface area contributed by atoms with Crippen molar-refractivity contribution in [3.05, 3.63) is 24.3 Å². The molecule has 2 aliphatic heterocycles. The molecule has 6 heteroatoms. The minimum Gasteiger partial charge on any atom is -0.374 e. The second kappa shape index (κ2) is 7.50. The van der Waals surface area contributed by atoms with Crippen LogP contribution >= 0.6 is 0 Å². The van der Waals surface area contributed by atoms with Crippen LogP contribution in [0.15, 0.2) is 24.3 Å². The van der Waals surface area contributed by atoms with E-state index in [-0.39, 0.29) is 29.9 Å². The van der Waals surface area contributed by atoms with Gasteiger partial charge in [0.1, 0.15) is 0 Å². The molecule has 27 heavy (non-hydrogen) atoms. The smallest absolute Gasteiger partial charge is 0.242 e. The average molecular weight is 371 g/mol. The largest absolute Gasteiger partial charge is 0.374 e. The third kappa shape index (κ3) is 3.43. The lowest BCUT2D eigenvalue weighted by Crippen LogP contribution is -2.57. The first-order valence-electron chi connectivity index (χ1n) is 10.1. The molecule has 1 saturated heterocycles. The molecule has 2 amide bonds. The molecule has 0 N–H and O–H groups in total. The Morgan fingerprint density at radius 1 is 1.19 bits per heavy atom. The van der Waals surface area contributed by atoms with Gasteiger partial charge in [0, 0.05) is 20.1 Å². The third-order valence-electron chi connectivity index (χ3n) is 6.21. The van der Waals surface area contributed by atoms with Gasteiger partial charge >= 0.3 is 0 Å². The molecule has 2 fully saturated rings. The topological polar surface area (TPSA) is 53.1 Å². The van der Waals surface area contributed by atoms with Crippen molar-refractivity contribution in [2.75, 3.05) is 43.1 Å². The number of anilines is 2. The van der Waals surface area contributed by atoms with Gasteiger partial charge in [-0.1, -0.05) is 31.9 Å². The molecule has 1 aromatic rings. The van der Waals surface area contributed by atoms with E-state index in [0.717, 1.165) is 30.6 Å². The van der Waals surface area contributed by atoms with Gasteiger partial charge in [-0.2, -0.15) is 0 Å². The van der Waals surface area contributed by atoms with E-state index in [0.29, 0.717) is 26.2 Å². The first-order chi connectivity index (χ1) is 13.1. The van der Waals surface area contributed by atoms with Crippen LogP contribution in [-0.2, 0) is 14.3 Å². The number of carbonyl (C=O) groups excluding carboxylic acids is 2. The molecule has 1 aliphatic carbocycles. The van der Waals surface area contributed by atoms with E-state index in [9.17, 15) is 9.59 Å². The van der Waals surface area contributed by atoms with Crippen molar-refractivity contribution in [3.8, 4) is 0 Å². The Bertz CT molecular complexity index is 720. The zero-order valence-corrected chi connectivity index (χ0v) is 16.3. The van der Waals surface area contributed by atoms with Crippen LogP contribution in [0.5, 0.6) is 0 Å². The monoisotopic (exact) mass is 371 g/mol. The first-order valence-corrected chi connectivity index (χ1v) is 10.1. The van der Waals surface area contributed by atoms with Gasteiger partial charge in [-0.3, -0.25) is 9.59 Å². The number of hydrogen-bond acceptors (Lipinski definition) is 4. The molecule has 1 saturated carbocycles. The predicted molar refractivity (Wildman–Crippen MR) is 105 cm³/mol. The summed E-state index contributed by atoms with van der Waals surface area (Å²) in [7, 11) is 1.82. The molecule has 3 atom stereocenters. The zero-order chi connectivity index (χ0) is 19.0. The Labute approximate surface area is 161 Å². The second-order valence-corrected chi connectivity index (χ2v) is 8.02. The first kappa shape index (κ1) is 18.3. The molecule has 1 aromatic carbocycles. The summed E-state index contributed by atoms with van der Waals surface area (Å²) >= 11 is 0. The van der Waals surface area contributed by atoms with E-state index in [2.05, 4.69) is 4.90 Å². The quantitative estimate of drug-likeness (QED) is 0.800. The molecule has 0 unspecified atom stereocenters. The van der Waals surface area contributed by atoms with Gasteiger partial charge in [0.05, 0.1) is 42.6 Å². The number of benzene rings is 1. The van der Waals surface area contributed by atoms with Gasteiger partial charge < -0.3 is 19.4 Å². The molecule has 146 valence electrons. The average Bonchev–Trinajstić information content (AvgIpc) is 2.79. The van der Waals surface area contributed by atoms with Gasteiger partial charge in [-0.25, -0.2) is 0 Å². The summed E-state index contributed by atoms with van der Waals surface area (Å²) in [5, 5.41) is 0. The number of morpholine rings is 1. The Morgan fingerprint density at radius 2 is 1.93 bits per heavy atom. The predicted octanol–water partition coefficient (Wildman–Crippen LogP) is 2.28. The van der Waals surface area contributed by atoms with Crippen molar-refractivity contribution >= 4 is 23.2 Å². The molecular weight excluding hydrogens is 342 g/mol. The fraction of sp³-hybridized carbons (Fsp3) is 0.619. The summed E-state index contributed by atoms with van der Waals surface area (Å²) in [4.78, 5) is 31.7. The van der Waals surface area contributed by atoms with Gasteiger partial charge in [0.2, 0.25) is 11.8 Å². The second-order valence-electron chi connectivity index (χ2n) is 8.02. The molecule has 3 aliphatic rings. The Hall–Kier alpha value is -2.08. The molecule has 0 bridgehead atoms. The lowest BCUT2D eigenvalue weighted by atomic mass is 9.90. The van der Waals surface area contributed by atoms with Crippen LogP contribution in [-0.4, -0.2) is 62.1 Å². The summed E-state index contributed by atoms with van der Waals surface area (Å²) < 4.78 is 5.91. The summed E-state index contributed by atoms with van der Waals surface area (Å²) in [5.41, 5.74) is 1.83. The maximum Gasteiger partial charge on any atom is 0.242 e. The molecule has 0 spiro atoms. The normalized spacial score (nSPS) is 28.4. The van der Waals surface area contributed by atoms with Crippen LogP contribution < -0.4 is 9.80 Å². The van der Waals surface area contributed by atoms with E-state index < -0.39 is 0 Å². The molecular formula is C21H29N3O3. The molecule has 0 radical (unpaired) electrons. The highest BCUT2D eigenvalue weighted by Gasteiger charge is 2.38. The van der Waals surface area contributed by atoms with Crippen LogP contribution in [0.25, 0.3) is 0 Å². The van der Waals surface area contributed by atoms with E-state index >= 15 is 0 Å². The fourth-order valence-electron chi connectivity index (χ4n) is 4.78.